The molecular formula is C21H34N4O6S. The summed E-state index contributed by atoms with van der Waals surface area (Å²) in [6.45, 7) is 10.4. The number of carbonyl (C=O) groups is 3. The minimum absolute atomic E-state index is 0.0280. The Bertz CT molecular complexity index is 793. The SMILES string of the molecule is CCC(C)C(NC(=O)CSc1nnc(C2CCCN(C(=O)OC(C)(C)C)C2)o1)C(=O)OC. The molecule has 180 valence electrons. The fourth-order valence-electron chi connectivity index (χ4n) is 3.25. The van der Waals surface area contributed by atoms with Gasteiger partial charge < -0.3 is 24.1 Å². The number of ether oxygens (including phenoxy) is 2. The van der Waals surface area contributed by atoms with Crippen molar-refractivity contribution in [3.05, 3.63) is 5.89 Å². The molecule has 2 heterocycles. The summed E-state index contributed by atoms with van der Waals surface area (Å²) in [6.07, 6.45) is 2.00. The molecule has 1 N–H and O–H groups in total. The van der Waals surface area contributed by atoms with Gasteiger partial charge in [0.2, 0.25) is 11.8 Å². The zero-order valence-electron chi connectivity index (χ0n) is 19.7. The van der Waals surface area contributed by atoms with Crippen LogP contribution in [-0.4, -0.2) is 70.7 Å². The van der Waals surface area contributed by atoms with Gasteiger partial charge in [0.15, 0.2) is 0 Å². The monoisotopic (exact) mass is 470 g/mol. The normalized spacial score (nSPS) is 18.6. The second-order valence-electron chi connectivity index (χ2n) is 8.91. The van der Waals surface area contributed by atoms with Crippen molar-refractivity contribution in [1.82, 2.24) is 20.4 Å². The number of hydrogen-bond acceptors (Lipinski definition) is 9. The molecule has 32 heavy (non-hydrogen) atoms. The van der Waals surface area contributed by atoms with Gasteiger partial charge in [-0.3, -0.25) is 4.79 Å². The predicted molar refractivity (Wildman–Crippen MR) is 118 cm³/mol. The number of thioether (sulfide) groups is 1. The van der Waals surface area contributed by atoms with Crippen LogP contribution in [0, 0.1) is 5.92 Å². The molecule has 3 atom stereocenters. The Kier molecular flexibility index (Phi) is 9.35. The van der Waals surface area contributed by atoms with Crippen LogP contribution in [0.5, 0.6) is 0 Å². The van der Waals surface area contributed by atoms with E-state index in [1.807, 2.05) is 34.6 Å². The lowest BCUT2D eigenvalue weighted by atomic mass is 9.98. The Morgan fingerprint density at radius 3 is 2.66 bits per heavy atom. The largest absolute Gasteiger partial charge is 0.467 e. The molecule has 1 aromatic heterocycles. The molecular weight excluding hydrogens is 436 g/mol. The van der Waals surface area contributed by atoms with E-state index in [0.717, 1.165) is 31.0 Å². The van der Waals surface area contributed by atoms with E-state index in [-0.39, 0.29) is 34.8 Å². The summed E-state index contributed by atoms with van der Waals surface area (Å²) in [6, 6.07) is -0.697. The number of esters is 1. The second-order valence-corrected chi connectivity index (χ2v) is 9.84. The van der Waals surface area contributed by atoms with E-state index in [2.05, 4.69) is 15.5 Å². The molecule has 3 unspecified atom stereocenters. The first kappa shape index (κ1) is 26.0. The molecule has 1 fully saturated rings. The summed E-state index contributed by atoms with van der Waals surface area (Å²) < 4.78 is 16.0. The van der Waals surface area contributed by atoms with Gasteiger partial charge in [0.25, 0.3) is 5.22 Å². The van der Waals surface area contributed by atoms with Crippen molar-refractivity contribution < 1.29 is 28.3 Å². The fourth-order valence-corrected chi connectivity index (χ4v) is 3.83. The highest BCUT2D eigenvalue weighted by Crippen LogP contribution is 2.29. The average molecular weight is 471 g/mol. The van der Waals surface area contributed by atoms with Crippen LogP contribution < -0.4 is 5.32 Å². The van der Waals surface area contributed by atoms with Gasteiger partial charge in [-0.1, -0.05) is 32.0 Å². The average Bonchev–Trinajstić information content (AvgIpc) is 3.23. The van der Waals surface area contributed by atoms with Gasteiger partial charge in [-0.15, -0.1) is 10.2 Å². The van der Waals surface area contributed by atoms with E-state index >= 15 is 0 Å². The molecule has 1 saturated heterocycles. The summed E-state index contributed by atoms with van der Waals surface area (Å²) in [5.41, 5.74) is -0.555. The smallest absolute Gasteiger partial charge is 0.410 e. The molecule has 1 aromatic rings. The number of nitrogens with zero attached hydrogens (tertiary/aromatic N) is 3. The fraction of sp³-hybridized carbons (Fsp3) is 0.762. The molecule has 0 radical (unpaired) electrons. The van der Waals surface area contributed by atoms with Gasteiger partial charge >= 0.3 is 12.1 Å². The second kappa shape index (κ2) is 11.5. The maximum Gasteiger partial charge on any atom is 0.410 e. The molecule has 1 aliphatic heterocycles. The highest BCUT2D eigenvalue weighted by Gasteiger charge is 2.31. The first-order valence-corrected chi connectivity index (χ1v) is 11.8. The molecule has 2 amide bonds. The number of rotatable bonds is 8. The van der Waals surface area contributed by atoms with Crippen molar-refractivity contribution in [3.8, 4) is 0 Å². The number of hydrogen-bond donors (Lipinski definition) is 1. The van der Waals surface area contributed by atoms with Crippen molar-refractivity contribution >= 4 is 29.7 Å². The standard InChI is InChI=1S/C21H34N4O6S/c1-7-13(2)16(18(27)29-6)22-15(26)12-32-19-24-23-17(30-19)14-9-8-10-25(11-14)20(28)31-21(3,4)5/h13-14,16H,7-12H2,1-6H3,(H,22,26). The Morgan fingerprint density at radius 1 is 1.31 bits per heavy atom. The first-order chi connectivity index (χ1) is 15.0. The van der Waals surface area contributed by atoms with Crippen LogP contribution in [0.15, 0.2) is 9.64 Å². The molecule has 0 saturated carbocycles. The zero-order valence-corrected chi connectivity index (χ0v) is 20.5. The third-order valence-electron chi connectivity index (χ3n) is 5.16. The molecule has 0 bridgehead atoms. The third-order valence-corrected chi connectivity index (χ3v) is 5.97. The Morgan fingerprint density at radius 2 is 2.03 bits per heavy atom. The van der Waals surface area contributed by atoms with Gasteiger partial charge in [-0.05, 0) is 39.5 Å². The number of nitrogens with one attached hydrogen (secondary N) is 1. The lowest BCUT2D eigenvalue weighted by Crippen LogP contribution is -2.46. The van der Waals surface area contributed by atoms with Crippen LogP contribution in [0.3, 0.4) is 0 Å². The van der Waals surface area contributed by atoms with Crippen LogP contribution in [0.1, 0.15) is 65.7 Å². The van der Waals surface area contributed by atoms with Crippen LogP contribution in [-0.2, 0) is 19.1 Å². The molecule has 0 aliphatic carbocycles. The summed E-state index contributed by atoms with van der Waals surface area (Å²) in [5, 5.41) is 11.1. The maximum atomic E-state index is 12.4. The zero-order chi connectivity index (χ0) is 23.9. The van der Waals surface area contributed by atoms with Crippen molar-refractivity contribution in [3.63, 3.8) is 0 Å². The third kappa shape index (κ3) is 7.68. The first-order valence-electron chi connectivity index (χ1n) is 10.8. The number of likely N-dealkylation sites (tertiary alicyclic amines) is 1. The van der Waals surface area contributed by atoms with Gasteiger partial charge in [-0.2, -0.15) is 0 Å². The molecule has 1 aliphatic rings. The molecule has 0 aromatic carbocycles. The van der Waals surface area contributed by atoms with E-state index in [9.17, 15) is 14.4 Å². The number of amides is 2. The Balaban J connectivity index is 1.90. The van der Waals surface area contributed by atoms with Crippen LogP contribution >= 0.6 is 11.8 Å². The topological polar surface area (TPSA) is 124 Å². The van der Waals surface area contributed by atoms with Crippen molar-refractivity contribution in [2.75, 3.05) is 26.0 Å². The van der Waals surface area contributed by atoms with E-state index in [0.29, 0.717) is 19.0 Å². The number of piperidine rings is 1. The van der Waals surface area contributed by atoms with E-state index in [4.69, 9.17) is 13.9 Å². The minimum atomic E-state index is -0.697. The van der Waals surface area contributed by atoms with Crippen LogP contribution in [0.4, 0.5) is 4.79 Å². The lowest BCUT2D eigenvalue weighted by Gasteiger charge is -2.32. The summed E-state index contributed by atoms with van der Waals surface area (Å²) >= 11 is 1.10. The minimum Gasteiger partial charge on any atom is -0.467 e. The van der Waals surface area contributed by atoms with E-state index in [1.54, 1.807) is 4.90 Å². The highest BCUT2D eigenvalue weighted by atomic mass is 32.2. The van der Waals surface area contributed by atoms with Gasteiger partial charge in [-0.25, -0.2) is 9.59 Å². The van der Waals surface area contributed by atoms with Gasteiger partial charge in [0, 0.05) is 13.1 Å². The number of aromatic nitrogens is 2. The summed E-state index contributed by atoms with van der Waals surface area (Å²) in [4.78, 5) is 38.3. The summed E-state index contributed by atoms with van der Waals surface area (Å²) in [5.74, 6) is -0.455. The van der Waals surface area contributed by atoms with Crippen molar-refractivity contribution in [2.45, 2.75) is 76.7 Å². The van der Waals surface area contributed by atoms with Crippen LogP contribution in [0.2, 0.25) is 0 Å². The Labute approximate surface area is 193 Å². The summed E-state index contributed by atoms with van der Waals surface area (Å²) in [7, 11) is 1.30. The van der Waals surface area contributed by atoms with Gasteiger partial charge in [0.1, 0.15) is 11.6 Å². The quantitative estimate of drug-likeness (QED) is 0.451. The molecule has 2 rings (SSSR count). The molecule has 11 heteroatoms. The number of carbonyl (C=O) groups excluding carboxylic acids is 3. The van der Waals surface area contributed by atoms with E-state index in [1.165, 1.54) is 7.11 Å². The number of methoxy groups -OCH3 is 1. The van der Waals surface area contributed by atoms with Crippen LogP contribution in [0.25, 0.3) is 0 Å². The maximum absolute atomic E-state index is 12.4. The lowest BCUT2D eigenvalue weighted by molar-refractivity contribution is -0.146. The van der Waals surface area contributed by atoms with Crippen molar-refractivity contribution in [1.29, 1.82) is 0 Å². The van der Waals surface area contributed by atoms with Gasteiger partial charge in [0.05, 0.1) is 18.8 Å². The predicted octanol–water partition coefficient (Wildman–Crippen LogP) is 2.98. The van der Waals surface area contributed by atoms with Crippen molar-refractivity contribution in [2.24, 2.45) is 5.92 Å². The highest BCUT2D eigenvalue weighted by molar-refractivity contribution is 7.99. The Hall–Kier alpha value is -2.30. The molecule has 0 spiro atoms. The molecule has 10 nitrogen and oxygen atoms in total. The van der Waals surface area contributed by atoms with E-state index < -0.39 is 17.6 Å².